The molecular weight excluding hydrogens is 572 g/mol. The van der Waals surface area contributed by atoms with E-state index in [9.17, 15) is 9.59 Å². The molecule has 0 bridgehead atoms. The van der Waals surface area contributed by atoms with E-state index in [0.717, 1.165) is 72.0 Å². The number of Topliss-reactive ketones (excluding diaryl/α,β-unsaturated/α-hetero) is 1. The van der Waals surface area contributed by atoms with Gasteiger partial charge in [-0.2, -0.15) is 0 Å². The SMILES string of the molecule is CCN(c1cc(-c2ccc(OCCOCCOCCO)cc2)cc(C(=O)CCc2c(C)cc(C)[nH]c2=O)c1C)C1CCOCC1. The molecule has 0 saturated carbocycles. The van der Waals surface area contributed by atoms with Gasteiger partial charge < -0.3 is 33.9 Å². The minimum Gasteiger partial charge on any atom is -0.491 e. The molecule has 1 aromatic heterocycles. The zero-order chi connectivity index (χ0) is 32.2. The number of aliphatic hydroxyl groups excluding tert-OH is 1. The van der Waals surface area contributed by atoms with Gasteiger partial charge in [0.05, 0.1) is 33.0 Å². The van der Waals surface area contributed by atoms with E-state index in [2.05, 4.69) is 22.9 Å². The molecule has 2 aromatic carbocycles. The summed E-state index contributed by atoms with van der Waals surface area (Å²) in [5, 5.41) is 8.75. The van der Waals surface area contributed by atoms with Gasteiger partial charge >= 0.3 is 0 Å². The van der Waals surface area contributed by atoms with Crippen LogP contribution < -0.4 is 15.2 Å². The number of ketones is 1. The number of aromatic amines is 1. The summed E-state index contributed by atoms with van der Waals surface area (Å²) in [6, 6.07) is 14.4. The number of nitrogens with one attached hydrogen (secondary N) is 1. The normalized spacial score (nSPS) is 13.6. The third-order valence-corrected chi connectivity index (χ3v) is 8.35. The maximum absolute atomic E-state index is 13.8. The van der Waals surface area contributed by atoms with Gasteiger partial charge in [0.25, 0.3) is 5.56 Å². The van der Waals surface area contributed by atoms with E-state index < -0.39 is 0 Å². The fourth-order valence-electron chi connectivity index (χ4n) is 5.99. The molecule has 2 heterocycles. The number of hydrogen-bond acceptors (Lipinski definition) is 8. The highest BCUT2D eigenvalue weighted by Crippen LogP contribution is 2.35. The number of carbonyl (C=O) groups excluding carboxylic acids is 1. The van der Waals surface area contributed by atoms with Crippen LogP contribution >= 0.6 is 0 Å². The van der Waals surface area contributed by atoms with Gasteiger partial charge in [-0.1, -0.05) is 12.1 Å². The molecule has 0 spiro atoms. The molecule has 2 N–H and O–H groups in total. The lowest BCUT2D eigenvalue weighted by molar-refractivity contribution is 0.0247. The number of aryl methyl sites for hydroxylation is 2. The number of carbonyl (C=O) groups is 1. The van der Waals surface area contributed by atoms with E-state index in [1.807, 2.05) is 57.2 Å². The van der Waals surface area contributed by atoms with Crippen molar-refractivity contribution in [3.05, 3.63) is 80.8 Å². The Morgan fingerprint density at radius 3 is 2.31 bits per heavy atom. The fraction of sp³-hybridized carbons (Fsp3) is 0.500. The van der Waals surface area contributed by atoms with Crippen LogP contribution in [0, 0.1) is 20.8 Å². The van der Waals surface area contributed by atoms with Crippen LogP contribution in [-0.2, 0) is 20.6 Å². The zero-order valence-electron chi connectivity index (χ0n) is 27.2. The first-order chi connectivity index (χ1) is 21.8. The molecule has 1 fully saturated rings. The number of benzene rings is 2. The van der Waals surface area contributed by atoms with Crippen molar-refractivity contribution in [1.29, 1.82) is 0 Å². The largest absolute Gasteiger partial charge is 0.491 e. The molecule has 0 amide bonds. The number of hydrogen-bond donors (Lipinski definition) is 2. The molecule has 0 radical (unpaired) electrons. The number of rotatable bonds is 17. The molecule has 0 atom stereocenters. The first-order valence-electron chi connectivity index (χ1n) is 16.0. The van der Waals surface area contributed by atoms with E-state index >= 15 is 0 Å². The molecule has 1 aliphatic heterocycles. The fourth-order valence-corrected chi connectivity index (χ4v) is 5.99. The van der Waals surface area contributed by atoms with E-state index in [1.165, 1.54) is 0 Å². The molecule has 9 nitrogen and oxygen atoms in total. The maximum atomic E-state index is 13.8. The van der Waals surface area contributed by atoms with Gasteiger partial charge in [0.15, 0.2) is 5.78 Å². The summed E-state index contributed by atoms with van der Waals surface area (Å²) in [5.41, 5.74) is 6.94. The number of aromatic nitrogens is 1. The van der Waals surface area contributed by atoms with Crippen LogP contribution in [0.4, 0.5) is 5.69 Å². The van der Waals surface area contributed by atoms with Gasteiger partial charge in [-0.05, 0) is 99.5 Å². The summed E-state index contributed by atoms with van der Waals surface area (Å²) in [6.07, 6.45) is 2.54. The lowest BCUT2D eigenvalue weighted by Crippen LogP contribution is -2.40. The van der Waals surface area contributed by atoms with Crippen molar-refractivity contribution in [2.75, 3.05) is 64.3 Å². The van der Waals surface area contributed by atoms with Crippen LogP contribution in [0.5, 0.6) is 5.75 Å². The summed E-state index contributed by atoms with van der Waals surface area (Å²) < 4.78 is 22.2. The second kappa shape index (κ2) is 17.3. The van der Waals surface area contributed by atoms with E-state index in [1.54, 1.807) is 0 Å². The highest BCUT2D eigenvalue weighted by Gasteiger charge is 2.25. The standard InChI is InChI=1S/C36H48N2O7/c1-5-38(30-12-15-42-16-13-30)34-24-29(28-6-8-31(9-7-28)45-21-20-44-19-18-43-17-14-39)23-33(27(34)4)35(40)11-10-32-25(2)22-26(3)37-36(32)41/h6-9,22-24,30,39H,5,10-21H2,1-4H3,(H,37,41). The second-order valence-corrected chi connectivity index (χ2v) is 11.5. The topological polar surface area (TPSA) is 110 Å². The van der Waals surface area contributed by atoms with Crippen LogP contribution in [0.15, 0.2) is 47.3 Å². The molecule has 0 aliphatic carbocycles. The smallest absolute Gasteiger partial charge is 0.251 e. The third-order valence-electron chi connectivity index (χ3n) is 8.35. The number of nitrogens with zero attached hydrogens (tertiary/aromatic N) is 1. The summed E-state index contributed by atoms with van der Waals surface area (Å²) in [6.45, 7) is 12.3. The Labute approximate surface area is 266 Å². The molecule has 4 rings (SSSR count). The monoisotopic (exact) mass is 620 g/mol. The van der Waals surface area contributed by atoms with Gasteiger partial charge in [0, 0.05) is 54.7 Å². The lowest BCUT2D eigenvalue weighted by atomic mass is 9.92. The van der Waals surface area contributed by atoms with E-state index in [-0.39, 0.29) is 24.4 Å². The van der Waals surface area contributed by atoms with Gasteiger partial charge in [0.2, 0.25) is 0 Å². The first-order valence-corrected chi connectivity index (χ1v) is 16.0. The number of pyridine rings is 1. The Morgan fingerprint density at radius 2 is 1.64 bits per heavy atom. The average Bonchev–Trinajstić information content (AvgIpc) is 3.03. The predicted molar refractivity (Wildman–Crippen MR) is 177 cm³/mol. The zero-order valence-corrected chi connectivity index (χ0v) is 27.2. The quantitative estimate of drug-likeness (QED) is 0.157. The van der Waals surface area contributed by atoms with E-state index in [0.29, 0.717) is 56.6 Å². The van der Waals surface area contributed by atoms with Crippen molar-refractivity contribution in [2.24, 2.45) is 0 Å². The van der Waals surface area contributed by atoms with Crippen LogP contribution in [0.25, 0.3) is 11.1 Å². The summed E-state index contributed by atoms with van der Waals surface area (Å²) in [5.74, 6) is 0.762. The Hall–Kier alpha value is -3.50. The summed E-state index contributed by atoms with van der Waals surface area (Å²) in [4.78, 5) is 31.8. The Morgan fingerprint density at radius 1 is 0.956 bits per heavy atom. The van der Waals surface area contributed by atoms with Crippen molar-refractivity contribution in [2.45, 2.75) is 59.4 Å². The van der Waals surface area contributed by atoms with Gasteiger partial charge in [0.1, 0.15) is 12.4 Å². The Bertz CT molecular complexity index is 1440. The second-order valence-electron chi connectivity index (χ2n) is 11.5. The number of aliphatic hydroxyl groups is 1. The van der Waals surface area contributed by atoms with Crippen LogP contribution in [0.1, 0.15) is 58.9 Å². The minimum atomic E-state index is -0.121. The van der Waals surface area contributed by atoms with Crippen LogP contribution in [0.2, 0.25) is 0 Å². The highest BCUT2D eigenvalue weighted by molar-refractivity contribution is 6.00. The van der Waals surface area contributed by atoms with Gasteiger partial charge in [-0.15, -0.1) is 0 Å². The molecule has 0 unspecified atom stereocenters. The molecular formula is C36H48N2O7. The Balaban J connectivity index is 1.55. The molecule has 45 heavy (non-hydrogen) atoms. The van der Waals surface area contributed by atoms with Crippen molar-refractivity contribution in [3.8, 4) is 16.9 Å². The predicted octanol–water partition coefficient (Wildman–Crippen LogP) is 5.19. The number of ether oxygens (including phenoxy) is 4. The van der Waals surface area contributed by atoms with Gasteiger partial charge in [-0.3, -0.25) is 9.59 Å². The number of H-pyrrole nitrogens is 1. The van der Waals surface area contributed by atoms with Crippen molar-refractivity contribution in [3.63, 3.8) is 0 Å². The minimum absolute atomic E-state index is 0.00341. The number of anilines is 1. The molecule has 1 aliphatic rings. The first kappa shape index (κ1) is 34.4. The van der Waals surface area contributed by atoms with Crippen molar-refractivity contribution < 1.29 is 28.8 Å². The maximum Gasteiger partial charge on any atom is 0.251 e. The van der Waals surface area contributed by atoms with Crippen molar-refractivity contribution >= 4 is 11.5 Å². The molecule has 3 aromatic rings. The highest BCUT2D eigenvalue weighted by atomic mass is 16.5. The average molecular weight is 621 g/mol. The lowest BCUT2D eigenvalue weighted by Gasteiger charge is -2.37. The van der Waals surface area contributed by atoms with Gasteiger partial charge in [-0.25, -0.2) is 0 Å². The molecule has 1 saturated heterocycles. The molecule has 244 valence electrons. The molecule has 9 heteroatoms. The van der Waals surface area contributed by atoms with E-state index in [4.69, 9.17) is 24.1 Å². The third kappa shape index (κ3) is 9.50. The summed E-state index contributed by atoms with van der Waals surface area (Å²) in [7, 11) is 0. The van der Waals surface area contributed by atoms with Crippen LogP contribution in [-0.4, -0.2) is 81.3 Å². The van der Waals surface area contributed by atoms with Crippen LogP contribution in [0.3, 0.4) is 0 Å². The summed E-state index contributed by atoms with van der Waals surface area (Å²) >= 11 is 0. The Kier molecular flexibility index (Phi) is 13.2. The van der Waals surface area contributed by atoms with Crippen molar-refractivity contribution in [1.82, 2.24) is 4.98 Å².